The molecule has 1 N–H and O–H groups in total. The molecule has 0 radical (unpaired) electrons. The summed E-state index contributed by atoms with van der Waals surface area (Å²) < 4.78 is 10.6. The first-order chi connectivity index (χ1) is 14.6. The lowest BCUT2D eigenvalue weighted by Crippen LogP contribution is -2.32. The summed E-state index contributed by atoms with van der Waals surface area (Å²) in [5, 5.41) is 3.58. The van der Waals surface area contributed by atoms with Crippen molar-refractivity contribution in [3.05, 3.63) is 64.7 Å². The molecule has 2 unspecified atom stereocenters. The monoisotopic (exact) mass is 404 g/mol. The second-order valence-corrected chi connectivity index (χ2v) is 8.06. The first-order valence-electron chi connectivity index (χ1n) is 10.3. The van der Waals surface area contributed by atoms with Crippen molar-refractivity contribution in [2.24, 2.45) is 0 Å². The topological polar surface area (TPSA) is 67.9 Å². The van der Waals surface area contributed by atoms with E-state index in [1.807, 2.05) is 18.2 Å². The van der Waals surface area contributed by atoms with Crippen LogP contribution >= 0.6 is 0 Å². The van der Waals surface area contributed by atoms with Crippen molar-refractivity contribution in [3.63, 3.8) is 0 Å². The van der Waals surface area contributed by atoms with Crippen molar-refractivity contribution < 1.29 is 19.1 Å². The van der Waals surface area contributed by atoms with E-state index in [1.54, 1.807) is 32.4 Å². The van der Waals surface area contributed by atoms with Crippen LogP contribution in [0.4, 0.5) is 0 Å². The third kappa shape index (κ3) is 2.99. The van der Waals surface area contributed by atoms with Crippen LogP contribution in [-0.4, -0.2) is 43.0 Å². The van der Waals surface area contributed by atoms with Gasteiger partial charge in [-0.3, -0.25) is 14.5 Å². The van der Waals surface area contributed by atoms with E-state index in [1.165, 1.54) is 10.5 Å². The lowest BCUT2D eigenvalue weighted by Gasteiger charge is -2.22. The SMILES string of the molecule is COc1ccc(CN2C(=O)c3cccc(C4=CC5CCC(C4)N5)c3C2=O)cc1OC. The average Bonchev–Trinajstić information content (AvgIpc) is 3.24. The number of imide groups is 1. The van der Waals surface area contributed by atoms with Gasteiger partial charge in [0.15, 0.2) is 11.5 Å². The Kier molecular flexibility index (Phi) is 4.59. The molecule has 3 aliphatic rings. The molecule has 30 heavy (non-hydrogen) atoms. The van der Waals surface area contributed by atoms with Crippen LogP contribution in [0.15, 0.2) is 42.5 Å². The summed E-state index contributed by atoms with van der Waals surface area (Å²) in [4.78, 5) is 27.7. The number of methoxy groups -OCH3 is 2. The van der Waals surface area contributed by atoms with Crippen molar-refractivity contribution in [2.75, 3.05) is 14.2 Å². The highest BCUT2D eigenvalue weighted by atomic mass is 16.5. The van der Waals surface area contributed by atoms with Crippen molar-refractivity contribution in [3.8, 4) is 11.5 Å². The van der Waals surface area contributed by atoms with Gasteiger partial charge in [-0.2, -0.15) is 0 Å². The molecule has 2 aromatic carbocycles. The molecule has 0 saturated carbocycles. The van der Waals surface area contributed by atoms with Crippen molar-refractivity contribution in [1.29, 1.82) is 0 Å². The van der Waals surface area contributed by atoms with Crippen LogP contribution in [-0.2, 0) is 6.54 Å². The third-order valence-corrected chi connectivity index (χ3v) is 6.28. The maximum Gasteiger partial charge on any atom is 0.262 e. The zero-order chi connectivity index (χ0) is 20.8. The third-order valence-electron chi connectivity index (χ3n) is 6.28. The molecule has 0 aliphatic carbocycles. The van der Waals surface area contributed by atoms with Crippen LogP contribution in [0.2, 0.25) is 0 Å². The molecule has 3 aliphatic heterocycles. The molecule has 2 amide bonds. The fourth-order valence-corrected chi connectivity index (χ4v) is 4.82. The normalized spacial score (nSPS) is 22.2. The first kappa shape index (κ1) is 18.9. The predicted octanol–water partition coefficient (Wildman–Crippen LogP) is 3.41. The van der Waals surface area contributed by atoms with Crippen LogP contribution < -0.4 is 14.8 Å². The first-order valence-corrected chi connectivity index (χ1v) is 10.3. The maximum absolute atomic E-state index is 13.3. The number of rotatable bonds is 5. The highest BCUT2D eigenvalue weighted by Gasteiger charge is 2.39. The van der Waals surface area contributed by atoms with Gasteiger partial charge in [0, 0.05) is 12.1 Å². The quantitative estimate of drug-likeness (QED) is 0.774. The lowest BCUT2D eigenvalue weighted by molar-refractivity contribution is 0.0642. The van der Waals surface area contributed by atoms with Gasteiger partial charge in [0.05, 0.1) is 31.9 Å². The Balaban J connectivity index is 1.47. The maximum atomic E-state index is 13.3. The van der Waals surface area contributed by atoms with Crippen LogP contribution in [0.3, 0.4) is 0 Å². The fraction of sp³-hybridized carbons (Fsp3) is 0.333. The van der Waals surface area contributed by atoms with E-state index >= 15 is 0 Å². The average molecular weight is 404 g/mol. The van der Waals surface area contributed by atoms with Crippen molar-refractivity contribution >= 4 is 17.4 Å². The molecule has 6 nitrogen and oxygen atoms in total. The minimum Gasteiger partial charge on any atom is -0.493 e. The molecule has 2 aromatic rings. The zero-order valence-electron chi connectivity index (χ0n) is 17.1. The number of hydrogen-bond acceptors (Lipinski definition) is 5. The lowest BCUT2D eigenvalue weighted by atomic mass is 9.91. The van der Waals surface area contributed by atoms with E-state index < -0.39 is 0 Å². The second kappa shape index (κ2) is 7.29. The van der Waals surface area contributed by atoms with Crippen LogP contribution in [0.5, 0.6) is 11.5 Å². The second-order valence-electron chi connectivity index (χ2n) is 8.06. The Morgan fingerprint density at radius 3 is 2.57 bits per heavy atom. The van der Waals surface area contributed by atoms with Crippen LogP contribution in [0.1, 0.15) is 51.1 Å². The molecule has 0 aromatic heterocycles. The minimum absolute atomic E-state index is 0.192. The van der Waals surface area contributed by atoms with Gasteiger partial charge < -0.3 is 14.8 Å². The van der Waals surface area contributed by atoms with E-state index in [2.05, 4.69) is 11.4 Å². The number of benzene rings is 2. The van der Waals surface area contributed by atoms with E-state index in [-0.39, 0.29) is 18.4 Å². The van der Waals surface area contributed by atoms with E-state index in [0.29, 0.717) is 34.7 Å². The molecule has 2 bridgehead atoms. The molecule has 1 fully saturated rings. The molecule has 2 atom stereocenters. The molecular weight excluding hydrogens is 380 g/mol. The van der Waals surface area contributed by atoms with Gasteiger partial charge in [-0.1, -0.05) is 24.3 Å². The summed E-state index contributed by atoms with van der Waals surface area (Å²) in [6.07, 6.45) is 5.40. The minimum atomic E-state index is -0.246. The van der Waals surface area contributed by atoms with Gasteiger partial charge in [-0.05, 0) is 54.2 Å². The number of hydrogen-bond donors (Lipinski definition) is 1. The van der Waals surface area contributed by atoms with Gasteiger partial charge >= 0.3 is 0 Å². The van der Waals surface area contributed by atoms with Gasteiger partial charge in [0.25, 0.3) is 11.8 Å². The zero-order valence-corrected chi connectivity index (χ0v) is 17.1. The summed E-state index contributed by atoms with van der Waals surface area (Å²) in [5.74, 6) is 0.706. The van der Waals surface area contributed by atoms with Gasteiger partial charge in [0.2, 0.25) is 0 Å². The number of carbonyl (C=O) groups excluding carboxylic acids is 2. The standard InChI is InChI=1S/C24H24N2O4/c1-29-20-9-6-14(10-21(20)30-2)13-26-23(27)19-5-3-4-18(22(19)24(26)28)15-11-16-7-8-17(12-15)25-16/h3-6,9-11,16-17,25H,7-8,12-13H2,1-2H3. The van der Waals surface area contributed by atoms with Crippen LogP contribution in [0, 0.1) is 0 Å². The van der Waals surface area contributed by atoms with Crippen LogP contribution in [0.25, 0.3) is 5.57 Å². The summed E-state index contributed by atoms with van der Waals surface area (Å²) in [7, 11) is 3.14. The number of carbonyl (C=O) groups is 2. The summed E-state index contributed by atoms with van der Waals surface area (Å²) in [5.41, 5.74) is 3.91. The summed E-state index contributed by atoms with van der Waals surface area (Å²) in [6.45, 7) is 0.192. The molecular formula is C24H24N2O4. The van der Waals surface area contributed by atoms with Gasteiger partial charge in [0.1, 0.15) is 0 Å². The fourth-order valence-electron chi connectivity index (χ4n) is 4.82. The van der Waals surface area contributed by atoms with E-state index in [9.17, 15) is 9.59 Å². The Morgan fingerprint density at radius 2 is 1.80 bits per heavy atom. The predicted molar refractivity (Wildman–Crippen MR) is 113 cm³/mol. The van der Waals surface area contributed by atoms with Gasteiger partial charge in [-0.25, -0.2) is 0 Å². The molecule has 6 heteroatoms. The number of ether oxygens (including phenoxy) is 2. The van der Waals surface area contributed by atoms with Crippen molar-refractivity contribution in [2.45, 2.75) is 37.9 Å². The Hall–Kier alpha value is -3.12. The Morgan fingerprint density at radius 1 is 1.00 bits per heavy atom. The highest BCUT2D eigenvalue weighted by molar-refractivity contribution is 6.23. The number of amides is 2. The number of nitrogens with one attached hydrogen (secondary N) is 1. The van der Waals surface area contributed by atoms with E-state index in [4.69, 9.17) is 9.47 Å². The summed E-state index contributed by atoms with van der Waals surface area (Å²) >= 11 is 0. The van der Waals surface area contributed by atoms with Crippen molar-refractivity contribution in [1.82, 2.24) is 10.2 Å². The van der Waals surface area contributed by atoms with Gasteiger partial charge in [-0.15, -0.1) is 0 Å². The molecule has 3 heterocycles. The number of nitrogens with zero attached hydrogens (tertiary/aromatic N) is 1. The smallest absolute Gasteiger partial charge is 0.262 e. The molecule has 154 valence electrons. The van der Waals surface area contributed by atoms with E-state index in [0.717, 1.165) is 30.4 Å². The highest BCUT2D eigenvalue weighted by Crippen LogP contribution is 2.37. The Bertz CT molecular complexity index is 1070. The molecule has 1 saturated heterocycles. The molecule has 5 rings (SSSR count). The summed E-state index contributed by atoms with van der Waals surface area (Å²) in [6, 6.07) is 11.9. The number of fused-ring (bicyclic) bond motifs is 3. The Labute approximate surface area is 175 Å². The molecule has 0 spiro atoms. The largest absolute Gasteiger partial charge is 0.493 e.